The van der Waals surface area contributed by atoms with Crippen molar-refractivity contribution < 1.29 is 14.3 Å². The second-order valence-electron chi connectivity index (χ2n) is 5.92. The van der Waals surface area contributed by atoms with Gasteiger partial charge in [0, 0.05) is 4.88 Å². The summed E-state index contributed by atoms with van der Waals surface area (Å²) in [4.78, 5) is 29.9. The van der Waals surface area contributed by atoms with Crippen molar-refractivity contribution in [3.05, 3.63) is 10.6 Å². The number of nitrogens with zero attached hydrogens (tertiary/aromatic N) is 1. The molecule has 0 spiro atoms. The lowest BCUT2D eigenvalue weighted by Crippen LogP contribution is -2.40. The predicted molar refractivity (Wildman–Crippen MR) is 84.4 cm³/mol. The Kier molecular flexibility index (Phi) is 5.89. The van der Waals surface area contributed by atoms with Crippen LogP contribution in [0, 0.1) is 18.3 Å². The van der Waals surface area contributed by atoms with Crippen LogP contribution in [0.5, 0.6) is 0 Å². The van der Waals surface area contributed by atoms with E-state index >= 15 is 0 Å². The highest BCUT2D eigenvalue weighted by atomic mass is 32.1. The lowest BCUT2D eigenvalue weighted by Gasteiger charge is -2.27. The number of carbonyl (C=O) groups is 2. The van der Waals surface area contributed by atoms with Crippen molar-refractivity contribution in [2.45, 2.75) is 48.0 Å². The minimum Gasteiger partial charge on any atom is -0.465 e. The monoisotopic (exact) mass is 312 g/mol. The van der Waals surface area contributed by atoms with Gasteiger partial charge in [-0.2, -0.15) is 0 Å². The van der Waals surface area contributed by atoms with Crippen LogP contribution in [0.1, 0.15) is 45.2 Å². The van der Waals surface area contributed by atoms with E-state index in [0.29, 0.717) is 5.13 Å². The minimum atomic E-state index is -0.855. The minimum absolute atomic E-state index is 0.259. The van der Waals surface area contributed by atoms with Crippen LogP contribution in [0.4, 0.5) is 5.13 Å². The number of aryl methyl sites for hydroxylation is 2. The number of hydrogen-bond donors (Lipinski definition) is 1. The zero-order chi connectivity index (χ0) is 16.2. The Morgan fingerprint density at radius 2 is 1.95 bits per heavy atom. The van der Waals surface area contributed by atoms with Gasteiger partial charge in [-0.3, -0.25) is 9.59 Å². The molecule has 0 aromatic carbocycles. The molecule has 118 valence electrons. The fourth-order valence-corrected chi connectivity index (χ4v) is 2.97. The van der Waals surface area contributed by atoms with Crippen molar-refractivity contribution in [2.24, 2.45) is 11.3 Å². The SMILES string of the molecule is CCOC(=O)C(C(=O)Nc1nc(CC)c(C)s1)C(C)(C)C. The topological polar surface area (TPSA) is 68.3 Å². The summed E-state index contributed by atoms with van der Waals surface area (Å²) in [5.41, 5.74) is 0.453. The molecule has 1 heterocycles. The normalized spacial score (nSPS) is 12.9. The maximum absolute atomic E-state index is 12.4. The molecule has 0 aliphatic heterocycles. The number of anilines is 1. The highest BCUT2D eigenvalue weighted by Gasteiger charge is 2.39. The number of nitrogens with one attached hydrogen (secondary N) is 1. The average Bonchev–Trinajstić information content (AvgIpc) is 2.67. The van der Waals surface area contributed by atoms with Crippen LogP contribution in [0.3, 0.4) is 0 Å². The summed E-state index contributed by atoms with van der Waals surface area (Å²) in [5, 5.41) is 3.29. The van der Waals surface area contributed by atoms with Crippen LogP contribution < -0.4 is 5.32 Å². The highest BCUT2D eigenvalue weighted by molar-refractivity contribution is 7.15. The summed E-state index contributed by atoms with van der Waals surface area (Å²) in [6, 6.07) is 0. The quantitative estimate of drug-likeness (QED) is 0.670. The van der Waals surface area contributed by atoms with E-state index in [-0.39, 0.29) is 12.5 Å². The molecule has 1 aromatic heterocycles. The molecule has 0 saturated heterocycles. The molecule has 0 aliphatic rings. The number of esters is 1. The average molecular weight is 312 g/mol. The zero-order valence-electron chi connectivity index (χ0n) is 13.6. The molecule has 0 radical (unpaired) electrons. The molecule has 1 unspecified atom stereocenters. The molecule has 0 saturated carbocycles. The second-order valence-corrected chi connectivity index (χ2v) is 7.12. The molecule has 6 heteroatoms. The van der Waals surface area contributed by atoms with Gasteiger partial charge in [0.15, 0.2) is 5.13 Å². The van der Waals surface area contributed by atoms with Gasteiger partial charge in [0.25, 0.3) is 0 Å². The summed E-state index contributed by atoms with van der Waals surface area (Å²) < 4.78 is 5.02. The molecule has 0 bridgehead atoms. The van der Waals surface area contributed by atoms with Gasteiger partial charge in [0.05, 0.1) is 12.3 Å². The molecule has 0 fully saturated rings. The van der Waals surface area contributed by atoms with E-state index in [1.807, 2.05) is 34.6 Å². The van der Waals surface area contributed by atoms with Crippen molar-refractivity contribution in [1.82, 2.24) is 4.98 Å². The van der Waals surface area contributed by atoms with Gasteiger partial charge in [0.1, 0.15) is 5.92 Å². The van der Waals surface area contributed by atoms with Gasteiger partial charge in [-0.25, -0.2) is 4.98 Å². The van der Waals surface area contributed by atoms with E-state index in [1.54, 1.807) is 6.92 Å². The Hall–Kier alpha value is -1.43. The fourth-order valence-electron chi connectivity index (χ4n) is 2.07. The van der Waals surface area contributed by atoms with Gasteiger partial charge in [-0.05, 0) is 25.7 Å². The first-order valence-electron chi connectivity index (χ1n) is 7.14. The third kappa shape index (κ3) is 4.52. The van der Waals surface area contributed by atoms with E-state index in [9.17, 15) is 9.59 Å². The maximum atomic E-state index is 12.4. The predicted octanol–water partition coefficient (Wildman–Crippen LogP) is 3.18. The molecule has 1 rings (SSSR count). The summed E-state index contributed by atoms with van der Waals surface area (Å²) >= 11 is 1.43. The maximum Gasteiger partial charge on any atom is 0.319 e. The first-order valence-corrected chi connectivity index (χ1v) is 7.96. The van der Waals surface area contributed by atoms with Crippen molar-refractivity contribution in [1.29, 1.82) is 0 Å². The largest absolute Gasteiger partial charge is 0.465 e. The van der Waals surface area contributed by atoms with Gasteiger partial charge in [0.2, 0.25) is 5.91 Å². The Morgan fingerprint density at radius 3 is 2.38 bits per heavy atom. The van der Waals surface area contributed by atoms with E-state index in [1.165, 1.54) is 11.3 Å². The van der Waals surface area contributed by atoms with E-state index in [4.69, 9.17) is 4.74 Å². The number of amides is 1. The summed E-state index contributed by atoms with van der Waals surface area (Å²) in [6.07, 6.45) is 0.818. The van der Waals surface area contributed by atoms with E-state index in [0.717, 1.165) is 17.0 Å². The molecule has 1 amide bonds. The molecule has 1 N–H and O–H groups in total. The molecule has 1 aromatic rings. The Bertz CT molecular complexity index is 517. The van der Waals surface area contributed by atoms with Crippen LogP contribution in [0.25, 0.3) is 0 Å². The van der Waals surface area contributed by atoms with Crippen LogP contribution in [-0.2, 0) is 20.7 Å². The fraction of sp³-hybridized carbons (Fsp3) is 0.667. The first kappa shape index (κ1) is 17.6. The Balaban J connectivity index is 2.93. The van der Waals surface area contributed by atoms with Gasteiger partial charge >= 0.3 is 5.97 Å². The number of hydrogen-bond acceptors (Lipinski definition) is 5. The van der Waals surface area contributed by atoms with Crippen molar-refractivity contribution >= 4 is 28.3 Å². The highest BCUT2D eigenvalue weighted by Crippen LogP contribution is 2.30. The number of thiazole rings is 1. The summed E-state index contributed by atoms with van der Waals surface area (Å²) in [5.74, 6) is -1.71. The third-order valence-electron chi connectivity index (χ3n) is 3.11. The van der Waals surface area contributed by atoms with Crippen molar-refractivity contribution in [2.75, 3.05) is 11.9 Å². The standard InChI is InChI=1S/C15H24N2O3S/c1-7-10-9(3)21-14(16-10)17-12(18)11(15(4,5)6)13(19)20-8-2/h11H,7-8H2,1-6H3,(H,16,17,18). The number of rotatable bonds is 5. The third-order valence-corrected chi connectivity index (χ3v) is 4.04. The molecule has 1 atom stereocenters. The molecular formula is C15H24N2O3S. The van der Waals surface area contributed by atoms with Gasteiger partial charge < -0.3 is 10.1 Å². The molecule has 21 heavy (non-hydrogen) atoms. The van der Waals surface area contributed by atoms with Crippen LogP contribution in [-0.4, -0.2) is 23.5 Å². The van der Waals surface area contributed by atoms with Crippen LogP contribution in [0.2, 0.25) is 0 Å². The number of carbonyl (C=O) groups excluding carboxylic acids is 2. The summed E-state index contributed by atoms with van der Waals surface area (Å²) in [6.45, 7) is 11.5. The molecular weight excluding hydrogens is 288 g/mol. The van der Waals surface area contributed by atoms with Gasteiger partial charge in [-0.1, -0.05) is 27.7 Å². The van der Waals surface area contributed by atoms with Crippen LogP contribution in [0.15, 0.2) is 0 Å². The lowest BCUT2D eigenvalue weighted by atomic mass is 9.80. The van der Waals surface area contributed by atoms with Crippen molar-refractivity contribution in [3.63, 3.8) is 0 Å². The molecule has 0 aliphatic carbocycles. The van der Waals surface area contributed by atoms with Gasteiger partial charge in [-0.15, -0.1) is 11.3 Å². The summed E-state index contributed by atoms with van der Waals surface area (Å²) in [7, 11) is 0. The van der Waals surface area contributed by atoms with Crippen molar-refractivity contribution in [3.8, 4) is 0 Å². The smallest absolute Gasteiger partial charge is 0.319 e. The van der Waals surface area contributed by atoms with E-state index in [2.05, 4.69) is 10.3 Å². The zero-order valence-corrected chi connectivity index (χ0v) is 14.4. The van der Waals surface area contributed by atoms with E-state index < -0.39 is 17.3 Å². The Morgan fingerprint density at radius 1 is 1.33 bits per heavy atom. The second kappa shape index (κ2) is 7.02. The number of aromatic nitrogens is 1. The molecule has 5 nitrogen and oxygen atoms in total. The van der Waals surface area contributed by atoms with Crippen LogP contribution >= 0.6 is 11.3 Å². The Labute approximate surface area is 130 Å². The lowest BCUT2D eigenvalue weighted by molar-refractivity contribution is -0.155. The number of ether oxygens (including phenoxy) is 1. The first-order chi connectivity index (χ1) is 9.70.